The molecule has 0 amide bonds. The Labute approximate surface area is 152 Å². The van der Waals surface area contributed by atoms with Crippen molar-refractivity contribution in [2.45, 2.75) is 16.4 Å². The van der Waals surface area contributed by atoms with Gasteiger partial charge in [-0.3, -0.25) is 4.98 Å². The molecule has 0 bridgehead atoms. The summed E-state index contributed by atoms with van der Waals surface area (Å²) in [6, 6.07) is 9.68. The lowest BCUT2D eigenvalue weighted by Gasteiger charge is -2.12. The molecule has 0 aliphatic heterocycles. The standard InChI is InChI=1S/C18H13ClFNO3S/c1-24-18(23)10-3-5-14-12(8-10)15(6-7-21-14)25-17-11(9-22)2-4-13(19)16(17)20/h2-8,22H,9H2,1H3. The molecule has 1 heterocycles. The average molecular weight is 378 g/mol. The van der Waals surface area contributed by atoms with E-state index in [1.54, 1.807) is 36.5 Å². The predicted molar refractivity (Wildman–Crippen MR) is 94.5 cm³/mol. The first-order valence-corrected chi connectivity index (χ1v) is 8.47. The number of benzene rings is 2. The number of ether oxygens (including phenoxy) is 1. The normalized spacial score (nSPS) is 10.9. The van der Waals surface area contributed by atoms with Crippen LogP contribution in [-0.2, 0) is 11.3 Å². The number of methoxy groups -OCH3 is 1. The van der Waals surface area contributed by atoms with Crippen LogP contribution in [-0.4, -0.2) is 23.2 Å². The molecule has 0 atom stereocenters. The summed E-state index contributed by atoms with van der Waals surface area (Å²) in [7, 11) is 1.31. The Hall–Kier alpha value is -2.15. The molecule has 1 aromatic heterocycles. The maximum Gasteiger partial charge on any atom is 0.337 e. The molecule has 25 heavy (non-hydrogen) atoms. The van der Waals surface area contributed by atoms with Crippen molar-refractivity contribution in [2.24, 2.45) is 0 Å². The highest BCUT2D eigenvalue weighted by molar-refractivity contribution is 7.99. The van der Waals surface area contributed by atoms with E-state index in [1.165, 1.54) is 13.2 Å². The van der Waals surface area contributed by atoms with Gasteiger partial charge in [0.1, 0.15) is 0 Å². The SMILES string of the molecule is COC(=O)c1ccc2nccc(Sc3c(CO)ccc(Cl)c3F)c2c1. The van der Waals surface area contributed by atoms with E-state index in [0.717, 1.165) is 11.8 Å². The molecule has 0 spiro atoms. The van der Waals surface area contributed by atoms with Crippen molar-refractivity contribution in [1.82, 2.24) is 4.98 Å². The fourth-order valence-electron chi connectivity index (χ4n) is 2.37. The first-order valence-electron chi connectivity index (χ1n) is 7.28. The van der Waals surface area contributed by atoms with Gasteiger partial charge in [-0.05, 0) is 35.9 Å². The topological polar surface area (TPSA) is 59.4 Å². The zero-order chi connectivity index (χ0) is 18.0. The van der Waals surface area contributed by atoms with Crippen LogP contribution in [0.2, 0.25) is 5.02 Å². The quantitative estimate of drug-likeness (QED) is 0.680. The fourth-order valence-corrected chi connectivity index (χ4v) is 3.67. The van der Waals surface area contributed by atoms with E-state index in [2.05, 4.69) is 4.98 Å². The number of fused-ring (bicyclic) bond motifs is 1. The first-order chi connectivity index (χ1) is 12.0. The van der Waals surface area contributed by atoms with Crippen molar-refractivity contribution in [2.75, 3.05) is 7.11 Å². The fraction of sp³-hybridized carbons (Fsp3) is 0.111. The predicted octanol–water partition coefficient (Wildman–Crippen LogP) is 4.46. The highest BCUT2D eigenvalue weighted by atomic mass is 35.5. The molecule has 0 saturated heterocycles. The van der Waals surface area contributed by atoms with Gasteiger partial charge < -0.3 is 9.84 Å². The van der Waals surface area contributed by atoms with E-state index in [1.807, 2.05) is 0 Å². The lowest BCUT2D eigenvalue weighted by atomic mass is 10.1. The maximum atomic E-state index is 14.4. The molecule has 7 heteroatoms. The molecule has 0 aliphatic carbocycles. The van der Waals surface area contributed by atoms with E-state index >= 15 is 0 Å². The van der Waals surface area contributed by atoms with Crippen LogP contribution in [0.3, 0.4) is 0 Å². The van der Waals surface area contributed by atoms with Crippen LogP contribution in [0.25, 0.3) is 10.9 Å². The summed E-state index contributed by atoms with van der Waals surface area (Å²) in [4.78, 5) is 17.0. The van der Waals surface area contributed by atoms with Gasteiger partial charge in [0, 0.05) is 16.5 Å². The van der Waals surface area contributed by atoms with Gasteiger partial charge in [0.15, 0.2) is 5.82 Å². The Kier molecular flexibility index (Phi) is 5.22. The number of nitrogens with zero attached hydrogens (tertiary/aromatic N) is 1. The monoisotopic (exact) mass is 377 g/mol. The smallest absolute Gasteiger partial charge is 0.337 e. The van der Waals surface area contributed by atoms with Crippen molar-refractivity contribution in [3.63, 3.8) is 0 Å². The number of hydrogen-bond acceptors (Lipinski definition) is 5. The molecule has 0 unspecified atom stereocenters. The average Bonchev–Trinajstić information content (AvgIpc) is 2.64. The molecule has 128 valence electrons. The molecule has 0 saturated carbocycles. The second-order valence-electron chi connectivity index (χ2n) is 5.14. The lowest BCUT2D eigenvalue weighted by molar-refractivity contribution is 0.0601. The van der Waals surface area contributed by atoms with Crippen LogP contribution in [0.1, 0.15) is 15.9 Å². The largest absolute Gasteiger partial charge is 0.465 e. The minimum absolute atomic E-state index is 0.0201. The number of aliphatic hydroxyl groups is 1. The molecule has 0 fully saturated rings. The first kappa shape index (κ1) is 17.7. The van der Waals surface area contributed by atoms with E-state index in [4.69, 9.17) is 16.3 Å². The highest BCUT2D eigenvalue weighted by Crippen LogP contribution is 2.38. The lowest BCUT2D eigenvalue weighted by Crippen LogP contribution is -2.01. The number of rotatable bonds is 4. The summed E-state index contributed by atoms with van der Waals surface area (Å²) in [5.41, 5.74) is 1.46. The third-order valence-corrected chi connectivity index (χ3v) is 5.15. The number of aliphatic hydroxyl groups excluding tert-OH is 1. The van der Waals surface area contributed by atoms with Crippen molar-refractivity contribution in [1.29, 1.82) is 0 Å². The van der Waals surface area contributed by atoms with Gasteiger partial charge in [0.25, 0.3) is 0 Å². The van der Waals surface area contributed by atoms with E-state index in [-0.39, 0.29) is 16.5 Å². The molecular formula is C18H13ClFNO3S. The van der Waals surface area contributed by atoms with Crippen molar-refractivity contribution >= 4 is 40.2 Å². The molecule has 1 N–H and O–H groups in total. The molecule has 0 aliphatic rings. The van der Waals surface area contributed by atoms with Gasteiger partial charge in [-0.25, -0.2) is 9.18 Å². The Morgan fingerprint density at radius 2 is 2.12 bits per heavy atom. The molecule has 4 nitrogen and oxygen atoms in total. The van der Waals surface area contributed by atoms with Crippen LogP contribution in [0, 0.1) is 5.82 Å². The van der Waals surface area contributed by atoms with Gasteiger partial charge in [0.2, 0.25) is 0 Å². The minimum Gasteiger partial charge on any atom is -0.465 e. The number of pyridine rings is 1. The second-order valence-corrected chi connectivity index (χ2v) is 6.60. The van der Waals surface area contributed by atoms with Crippen LogP contribution in [0.4, 0.5) is 4.39 Å². The number of carbonyl (C=O) groups is 1. The van der Waals surface area contributed by atoms with Gasteiger partial charge in [0.05, 0.1) is 34.7 Å². The third kappa shape index (κ3) is 3.46. The van der Waals surface area contributed by atoms with Crippen LogP contribution in [0.15, 0.2) is 52.4 Å². The van der Waals surface area contributed by atoms with Gasteiger partial charge in [-0.2, -0.15) is 0 Å². The maximum absolute atomic E-state index is 14.4. The molecule has 2 aromatic carbocycles. The minimum atomic E-state index is -0.590. The summed E-state index contributed by atoms with van der Waals surface area (Å²) in [5, 5.41) is 10.1. The summed E-state index contributed by atoms with van der Waals surface area (Å²) < 4.78 is 19.2. The molecular weight excluding hydrogens is 365 g/mol. The van der Waals surface area contributed by atoms with Crippen molar-refractivity contribution in [3.8, 4) is 0 Å². The third-order valence-electron chi connectivity index (χ3n) is 3.64. The Morgan fingerprint density at radius 3 is 2.84 bits per heavy atom. The second kappa shape index (κ2) is 7.39. The molecule has 3 rings (SSSR count). The Balaban J connectivity index is 2.14. The van der Waals surface area contributed by atoms with E-state index < -0.39 is 11.8 Å². The van der Waals surface area contributed by atoms with Gasteiger partial charge in [-0.1, -0.05) is 29.4 Å². The summed E-state index contributed by atoms with van der Waals surface area (Å²) in [6.07, 6.45) is 1.60. The van der Waals surface area contributed by atoms with Crippen molar-refractivity contribution < 1.29 is 19.0 Å². The van der Waals surface area contributed by atoms with E-state index in [0.29, 0.717) is 26.9 Å². The van der Waals surface area contributed by atoms with Crippen LogP contribution >= 0.6 is 23.4 Å². The zero-order valence-corrected chi connectivity index (χ0v) is 14.7. The summed E-state index contributed by atoms with van der Waals surface area (Å²) >= 11 is 6.99. The zero-order valence-electron chi connectivity index (χ0n) is 13.1. The molecule has 0 radical (unpaired) electrons. The van der Waals surface area contributed by atoms with Gasteiger partial charge >= 0.3 is 5.97 Å². The van der Waals surface area contributed by atoms with E-state index in [9.17, 15) is 14.3 Å². The van der Waals surface area contributed by atoms with Crippen LogP contribution < -0.4 is 0 Å². The summed E-state index contributed by atoms with van der Waals surface area (Å²) in [5.74, 6) is -1.06. The van der Waals surface area contributed by atoms with Crippen molar-refractivity contribution in [3.05, 3.63) is 64.6 Å². The number of aromatic nitrogens is 1. The Morgan fingerprint density at radius 1 is 1.32 bits per heavy atom. The number of hydrogen-bond donors (Lipinski definition) is 1. The number of carbonyl (C=O) groups excluding carboxylic acids is 1. The Bertz CT molecular complexity index is 964. The van der Waals surface area contributed by atoms with Gasteiger partial charge in [-0.15, -0.1) is 0 Å². The summed E-state index contributed by atoms with van der Waals surface area (Å²) in [6.45, 7) is -0.313. The van der Waals surface area contributed by atoms with Crippen LogP contribution in [0.5, 0.6) is 0 Å². The molecule has 3 aromatic rings. The highest BCUT2D eigenvalue weighted by Gasteiger charge is 2.16. The number of halogens is 2. The number of esters is 1.